The second-order valence-corrected chi connectivity index (χ2v) is 7.36. The zero-order chi connectivity index (χ0) is 17.5. The third-order valence-electron chi connectivity index (χ3n) is 3.38. The fourth-order valence-corrected chi connectivity index (χ4v) is 3.83. The summed E-state index contributed by atoms with van der Waals surface area (Å²) < 4.78 is 5.73. The summed E-state index contributed by atoms with van der Waals surface area (Å²) in [6.45, 7) is 1.28. The summed E-state index contributed by atoms with van der Waals surface area (Å²) in [6, 6.07) is 13.9. The second kappa shape index (κ2) is 8.80. The molecule has 2 aromatic carbocycles. The van der Waals surface area contributed by atoms with Gasteiger partial charge in [-0.2, -0.15) is 0 Å². The van der Waals surface area contributed by atoms with Crippen LogP contribution in [0.3, 0.4) is 0 Å². The average Bonchev–Trinajstić information content (AvgIpc) is 3.08. The minimum Gasteiger partial charge on any atom is -0.383 e. The molecule has 25 heavy (non-hydrogen) atoms. The molecule has 8 heteroatoms. The summed E-state index contributed by atoms with van der Waals surface area (Å²) in [4.78, 5) is 12.2. The lowest BCUT2D eigenvalue weighted by molar-refractivity contribution is -0.113. The van der Waals surface area contributed by atoms with E-state index in [0.29, 0.717) is 13.2 Å². The lowest BCUT2D eigenvalue weighted by atomic mass is 10.1. The SMILES string of the molecule is COCCNc1nnc(SCC(=O)Nc2cccc3ccccc23)s1. The van der Waals surface area contributed by atoms with Crippen molar-refractivity contribution in [2.45, 2.75) is 4.34 Å². The minimum atomic E-state index is -0.0644. The first-order chi connectivity index (χ1) is 12.3. The van der Waals surface area contributed by atoms with Crippen LogP contribution in [0.15, 0.2) is 46.8 Å². The molecule has 3 aromatic rings. The van der Waals surface area contributed by atoms with Gasteiger partial charge in [0, 0.05) is 24.7 Å². The molecule has 0 radical (unpaired) electrons. The van der Waals surface area contributed by atoms with Crippen molar-refractivity contribution in [2.75, 3.05) is 36.6 Å². The Labute approximate surface area is 154 Å². The molecule has 1 aromatic heterocycles. The third-order valence-corrected chi connectivity index (χ3v) is 5.39. The van der Waals surface area contributed by atoms with Crippen LogP contribution in [-0.4, -0.2) is 42.1 Å². The van der Waals surface area contributed by atoms with Gasteiger partial charge in [0.2, 0.25) is 11.0 Å². The van der Waals surface area contributed by atoms with Gasteiger partial charge in [0.1, 0.15) is 0 Å². The van der Waals surface area contributed by atoms with Gasteiger partial charge in [-0.15, -0.1) is 10.2 Å². The average molecular weight is 374 g/mol. The summed E-state index contributed by atoms with van der Waals surface area (Å²) in [5, 5.41) is 17.1. The number of carbonyl (C=O) groups is 1. The van der Waals surface area contributed by atoms with Gasteiger partial charge in [-0.3, -0.25) is 4.79 Å². The molecule has 0 saturated heterocycles. The number of aromatic nitrogens is 2. The van der Waals surface area contributed by atoms with Crippen molar-refractivity contribution < 1.29 is 9.53 Å². The number of thioether (sulfide) groups is 1. The van der Waals surface area contributed by atoms with Crippen molar-refractivity contribution in [3.05, 3.63) is 42.5 Å². The van der Waals surface area contributed by atoms with Crippen molar-refractivity contribution in [3.8, 4) is 0 Å². The molecule has 6 nitrogen and oxygen atoms in total. The van der Waals surface area contributed by atoms with Crippen molar-refractivity contribution >= 4 is 50.6 Å². The van der Waals surface area contributed by atoms with E-state index in [9.17, 15) is 4.79 Å². The molecule has 0 bridgehead atoms. The number of fused-ring (bicyclic) bond motifs is 1. The normalized spacial score (nSPS) is 10.8. The smallest absolute Gasteiger partial charge is 0.234 e. The van der Waals surface area contributed by atoms with E-state index in [0.717, 1.165) is 25.9 Å². The summed E-state index contributed by atoms with van der Waals surface area (Å²) >= 11 is 2.80. The summed E-state index contributed by atoms with van der Waals surface area (Å²) in [5.41, 5.74) is 0.822. The first-order valence-electron chi connectivity index (χ1n) is 7.73. The molecular formula is C17H18N4O2S2. The zero-order valence-electron chi connectivity index (χ0n) is 13.7. The number of rotatable bonds is 8. The number of hydrogen-bond donors (Lipinski definition) is 2. The van der Waals surface area contributed by atoms with Gasteiger partial charge in [-0.05, 0) is 11.5 Å². The van der Waals surface area contributed by atoms with Gasteiger partial charge in [0.05, 0.1) is 12.4 Å². The molecule has 0 unspecified atom stereocenters. The molecular weight excluding hydrogens is 356 g/mol. The van der Waals surface area contributed by atoms with E-state index in [1.807, 2.05) is 42.5 Å². The van der Waals surface area contributed by atoms with Crippen LogP contribution < -0.4 is 10.6 Å². The van der Waals surface area contributed by atoms with Gasteiger partial charge in [0.15, 0.2) is 4.34 Å². The first-order valence-corrected chi connectivity index (χ1v) is 9.53. The molecule has 0 fully saturated rings. The maximum Gasteiger partial charge on any atom is 0.234 e. The quantitative estimate of drug-likeness (QED) is 0.464. The molecule has 0 aliphatic heterocycles. The third kappa shape index (κ3) is 4.91. The van der Waals surface area contributed by atoms with Gasteiger partial charge in [-0.1, -0.05) is 59.5 Å². The molecule has 0 atom stereocenters. The molecule has 0 spiro atoms. The highest BCUT2D eigenvalue weighted by Crippen LogP contribution is 2.26. The van der Waals surface area contributed by atoms with Crippen LogP contribution in [0.5, 0.6) is 0 Å². The van der Waals surface area contributed by atoms with Crippen molar-refractivity contribution in [1.29, 1.82) is 0 Å². The highest BCUT2D eigenvalue weighted by molar-refractivity contribution is 8.01. The number of ether oxygens (including phenoxy) is 1. The molecule has 0 aliphatic carbocycles. The topological polar surface area (TPSA) is 76.1 Å². The van der Waals surface area contributed by atoms with Crippen LogP contribution in [0.1, 0.15) is 0 Å². The number of hydrogen-bond acceptors (Lipinski definition) is 7. The monoisotopic (exact) mass is 374 g/mol. The Morgan fingerprint density at radius 1 is 1.20 bits per heavy atom. The van der Waals surface area contributed by atoms with E-state index in [1.165, 1.54) is 23.1 Å². The Balaban J connectivity index is 1.54. The molecule has 130 valence electrons. The largest absolute Gasteiger partial charge is 0.383 e. The minimum absolute atomic E-state index is 0.0644. The molecule has 1 heterocycles. The predicted molar refractivity (Wildman–Crippen MR) is 104 cm³/mol. The van der Waals surface area contributed by atoms with Crippen molar-refractivity contribution in [2.24, 2.45) is 0 Å². The number of amides is 1. The number of methoxy groups -OCH3 is 1. The standard InChI is InChI=1S/C17H18N4O2S2/c1-23-10-9-18-16-20-21-17(25-16)24-11-15(22)19-14-8-4-6-12-5-2-3-7-13(12)14/h2-8H,9-11H2,1H3,(H,18,20)(H,19,22). The van der Waals surface area contributed by atoms with Gasteiger partial charge >= 0.3 is 0 Å². The fraction of sp³-hybridized carbons (Fsp3) is 0.235. The Kier molecular flexibility index (Phi) is 6.21. The maximum absolute atomic E-state index is 12.2. The number of nitrogens with zero attached hydrogens (tertiary/aromatic N) is 2. The number of benzene rings is 2. The van der Waals surface area contributed by atoms with Crippen LogP contribution in [0.25, 0.3) is 10.8 Å². The van der Waals surface area contributed by atoms with Crippen molar-refractivity contribution in [1.82, 2.24) is 10.2 Å². The van der Waals surface area contributed by atoms with E-state index in [1.54, 1.807) is 7.11 Å². The highest BCUT2D eigenvalue weighted by Gasteiger charge is 2.09. The van der Waals surface area contributed by atoms with Gasteiger partial charge < -0.3 is 15.4 Å². The Hall–Kier alpha value is -2.16. The molecule has 3 rings (SSSR count). The van der Waals surface area contributed by atoms with Crippen LogP contribution in [0, 0.1) is 0 Å². The van der Waals surface area contributed by atoms with E-state index in [-0.39, 0.29) is 11.7 Å². The van der Waals surface area contributed by atoms with E-state index in [4.69, 9.17) is 4.74 Å². The fourth-order valence-electron chi connectivity index (χ4n) is 2.25. The lowest BCUT2D eigenvalue weighted by Crippen LogP contribution is -2.14. The second-order valence-electron chi connectivity index (χ2n) is 5.16. The first kappa shape index (κ1) is 17.7. The van der Waals surface area contributed by atoms with Gasteiger partial charge in [-0.25, -0.2) is 0 Å². The molecule has 2 N–H and O–H groups in total. The van der Waals surface area contributed by atoms with Crippen LogP contribution in [0.4, 0.5) is 10.8 Å². The van der Waals surface area contributed by atoms with E-state index >= 15 is 0 Å². The van der Waals surface area contributed by atoms with E-state index < -0.39 is 0 Å². The van der Waals surface area contributed by atoms with E-state index in [2.05, 4.69) is 20.8 Å². The number of anilines is 2. The molecule has 0 saturated carbocycles. The lowest BCUT2D eigenvalue weighted by Gasteiger charge is -2.08. The summed E-state index contributed by atoms with van der Waals surface area (Å²) in [7, 11) is 1.65. The van der Waals surface area contributed by atoms with Crippen LogP contribution in [-0.2, 0) is 9.53 Å². The Bertz CT molecular complexity index is 848. The highest BCUT2D eigenvalue weighted by atomic mass is 32.2. The molecule has 0 aliphatic rings. The summed E-state index contributed by atoms with van der Waals surface area (Å²) in [6.07, 6.45) is 0. The zero-order valence-corrected chi connectivity index (χ0v) is 15.3. The van der Waals surface area contributed by atoms with Crippen LogP contribution >= 0.6 is 23.1 Å². The summed E-state index contributed by atoms with van der Waals surface area (Å²) in [5.74, 6) is 0.223. The Morgan fingerprint density at radius 3 is 2.92 bits per heavy atom. The predicted octanol–water partition coefficient (Wildman–Crippen LogP) is 3.48. The van der Waals surface area contributed by atoms with Crippen molar-refractivity contribution in [3.63, 3.8) is 0 Å². The maximum atomic E-state index is 12.2. The van der Waals surface area contributed by atoms with Gasteiger partial charge in [0.25, 0.3) is 0 Å². The number of carbonyl (C=O) groups excluding carboxylic acids is 1. The van der Waals surface area contributed by atoms with Crippen LogP contribution in [0.2, 0.25) is 0 Å². The number of nitrogens with one attached hydrogen (secondary N) is 2. The molecule has 1 amide bonds. The Morgan fingerprint density at radius 2 is 2.04 bits per heavy atom.